The summed E-state index contributed by atoms with van der Waals surface area (Å²) in [4.78, 5) is 28.6. The molecular weight excluding hydrogens is 390 g/mol. The number of nitrogens with zero attached hydrogens (tertiary/aromatic N) is 1. The van der Waals surface area contributed by atoms with E-state index in [4.69, 9.17) is 4.74 Å². The van der Waals surface area contributed by atoms with Crippen LogP contribution in [0.1, 0.15) is 59.1 Å². The van der Waals surface area contributed by atoms with E-state index in [-0.39, 0.29) is 11.9 Å². The molecule has 2 aliphatic rings. The van der Waals surface area contributed by atoms with Gasteiger partial charge in [0.2, 0.25) is 5.91 Å². The Bertz CT molecular complexity index is 766. The van der Waals surface area contributed by atoms with Crippen LogP contribution in [0.5, 0.6) is 0 Å². The third-order valence-corrected chi connectivity index (χ3v) is 6.13. The molecule has 0 aromatic heterocycles. The van der Waals surface area contributed by atoms with E-state index in [1.807, 2.05) is 52.0 Å². The number of piperidine rings is 1. The lowest BCUT2D eigenvalue weighted by atomic mass is 9.91. The lowest BCUT2D eigenvalue weighted by Crippen LogP contribution is -2.62. The molecule has 0 bridgehead atoms. The molecule has 2 N–H and O–H groups in total. The maximum absolute atomic E-state index is 13.5. The Balaban J connectivity index is 1.70. The standard InChI is InChI=1S/C25H39N3O3/c1-17-11-18(2)15-28(14-17)16-19(3)26-22(29)25(27-23(30)31-24(4,5)6)12-20-9-7-8-10-21(20)13-25/h7-10,17-19H,11-16H2,1-6H3,(H,26,29)(H,27,30)/t17-,18+,19-/m1/s1. The van der Waals surface area contributed by atoms with Crippen LogP contribution in [0.4, 0.5) is 4.79 Å². The van der Waals surface area contributed by atoms with Gasteiger partial charge in [-0.3, -0.25) is 4.79 Å². The topological polar surface area (TPSA) is 70.7 Å². The quantitative estimate of drug-likeness (QED) is 0.751. The van der Waals surface area contributed by atoms with Crippen molar-refractivity contribution >= 4 is 12.0 Å². The first-order chi connectivity index (χ1) is 14.5. The summed E-state index contributed by atoms with van der Waals surface area (Å²) < 4.78 is 5.49. The second kappa shape index (κ2) is 9.19. The van der Waals surface area contributed by atoms with Crippen LogP contribution in [0.2, 0.25) is 0 Å². The summed E-state index contributed by atoms with van der Waals surface area (Å²) in [5, 5.41) is 6.12. The molecular formula is C25H39N3O3. The zero-order valence-corrected chi connectivity index (χ0v) is 20.0. The van der Waals surface area contributed by atoms with Crippen LogP contribution >= 0.6 is 0 Å². The number of ether oxygens (including phenoxy) is 1. The van der Waals surface area contributed by atoms with Gasteiger partial charge in [0.1, 0.15) is 11.1 Å². The molecule has 0 unspecified atom stereocenters. The molecule has 1 heterocycles. The highest BCUT2D eigenvalue weighted by Gasteiger charge is 2.46. The Morgan fingerprint density at radius 3 is 2.19 bits per heavy atom. The van der Waals surface area contributed by atoms with Crippen molar-refractivity contribution in [3.8, 4) is 0 Å². The van der Waals surface area contributed by atoms with E-state index < -0.39 is 17.2 Å². The summed E-state index contributed by atoms with van der Waals surface area (Å²) in [7, 11) is 0. The summed E-state index contributed by atoms with van der Waals surface area (Å²) in [5.74, 6) is 1.22. The Morgan fingerprint density at radius 2 is 1.68 bits per heavy atom. The van der Waals surface area contributed by atoms with Crippen molar-refractivity contribution in [1.82, 2.24) is 15.5 Å². The van der Waals surface area contributed by atoms with Gasteiger partial charge in [0, 0.05) is 38.5 Å². The van der Waals surface area contributed by atoms with E-state index in [0.29, 0.717) is 24.7 Å². The van der Waals surface area contributed by atoms with E-state index in [2.05, 4.69) is 29.4 Å². The number of hydrogen-bond donors (Lipinski definition) is 2. The molecule has 3 rings (SSSR count). The van der Waals surface area contributed by atoms with Crippen LogP contribution < -0.4 is 10.6 Å². The summed E-state index contributed by atoms with van der Waals surface area (Å²) in [6.07, 6.45) is 1.65. The highest BCUT2D eigenvalue weighted by Crippen LogP contribution is 2.31. The number of carbonyl (C=O) groups excluding carboxylic acids is 2. The van der Waals surface area contributed by atoms with Gasteiger partial charge in [-0.1, -0.05) is 38.1 Å². The van der Waals surface area contributed by atoms with Gasteiger partial charge in [-0.25, -0.2) is 4.79 Å². The van der Waals surface area contributed by atoms with E-state index in [9.17, 15) is 9.59 Å². The molecule has 0 spiro atoms. The summed E-state index contributed by atoms with van der Waals surface area (Å²) >= 11 is 0. The number of fused-ring (bicyclic) bond motifs is 1. The van der Waals surface area contributed by atoms with Gasteiger partial charge in [-0.05, 0) is 57.1 Å². The molecule has 3 atom stereocenters. The fraction of sp³-hybridized carbons (Fsp3) is 0.680. The summed E-state index contributed by atoms with van der Waals surface area (Å²) in [6, 6.07) is 8.00. The average molecular weight is 430 g/mol. The molecule has 1 aromatic rings. The van der Waals surface area contributed by atoms with Gasteiger partial charge < -0.3 is 20.3 Å². The second-order valence-corrected chi connectivity index (χ2v) is 10.9. The van der Waals surface area contributed by atoms with Crippen molar-refractivity contribution in [2.45, 2.75) is 78.0 Å². The zero-order chi connectivity index (χ0) is 22.8. The van der Waals surface area contributed by atoms with Gasteiger partial charge in [0.25, 0.3) is 0 Å². The van der Waals surface area contributed by atoms with Crippen molar-refractivity contribution in [1.29, 1.82) is 0 Å². The Hall–Kier alpha value is -2.08. The van der Waals surface area contributed by atoms with E-state index in [0.717, 1.165) is 30.8 Å². The third-order valence-electron chi connectivity index (χ3n) is 6.13. The van der Waals surface area contributed by atoms with Gasteiger partial charge >= 0.3 is 6.09 Å². The molecule has 1 fully saturated rings. The number of rotatable bonds is 5. The fourth-order valence-corrected chi connectivity index (χ4v) is 5.16. The van der Waals surface area contributed by atoms with Gasteiger partial charge in [-0.2, -0.15) is 0 Å². The van der Waals surface area contributed by atoms with Gasteiger partial charge in [0.05, 0.1) is 0 Å². The van der Waals surface area contributed by atoms with Crippen LogP contribution in [-0.4, -0.2) is 53.7 Å². The number of likely N-dealkylation sites (tertiary alicyclic amines) is 1. The Labute approximate surface area is 187 Å². The van der Waals surface area contributed by atoms with Crippen molar-refractivity contribution in [2.75, 3.05) is 19.6 Å². The minimum absolute atomic E-state index is 0.00831. The maximum Gasteiger partial charge on any atom is 0.408 e. The van der Waals surface area contributed by atoms with Crippen molar-refractivity contribution < 1.29 is 14.3 Å². The van der Waals surface area contributed by atoms with Crippen molar-refractivity contribution in [2.24, 2.45) is 11.8 Å². The van der Waals surface area contributed by atoms with Gasteiger partial charge in [0.15, 0.2) is 0 Å². The predicted molar refractivity (Wildman–Crippen MR) is 123 cm³/mol. The van der Waals surface area contributed by atoms with Crippen LogP contribution in [0.15, 0.2) is 24.3 Å². The lowest BCUT2D eigenvalue weighted by Gasteiger charge is -2.37. The molecule has 2 amide bonds. The van der Waals surface area contributed by atoms with Crippen LogP contribution in [0.25, 0.3) is 0 Å². The number of alkyl carbamates (subject to hydrolysis) is 1. The van der Waals surface area contributed by atoms with Crippen molar-refractivity contribution in [3.63, 3.8) is 0 Å². The monoisotopic (exact) mass is 429 g/mol. The first-order valence-corrected chi connectivity index (χ1v) is 11.6. The maximum atomic E-state index is 13.5. The fourth-order valence-electron chi connectivity index (χ4n) is 5.16. The van der Waals surface area contributed by atoms with E-state index in [1.54, 1.807) is 0 Å². The molecule has 172 valence electrons. The predicted octanol–water partition coefficient (Wildman–Crippen LogP) is 3.53. The molecule has 0 saturated carbocycles. The third kappa shape index (κ3) is 6.22. The number of nitrogens with one attached hydrogen (secondary N) is 2. The first kappa shape index (κ1) is 23.6. The average Bonchev–Trinajstić information content (AvgIpc) is 2.98. The molecule has 1 aliphatic carbocycles. The smallest absolute Gasteiger partial charge is 0.408 e. The number of amides is 2. The first-order valence-electron chi connectivity index (χ1n) is 11.6. The van der Waals surface area contributed by atoms with Crippen LogP contribution in [0, 0.1) is 11.8 Å². The summed E-state index contributed by atoms with van der Waals surface area (Å²) in [5.41, 5.74) is 0.547. The highest BCUT2D eigenvalue weighted by atomic mass is 16.6. The number of benzene rings is 1. The largest absolute Gasteiger partial charge is 0.444 e. The molecule has 1 saturated heterocycles. The normalized spacial score (nSPS) is 24.2. The van der Waals surface area contributed by atoms with Crippen LogP contribution in [-0.2, 0) is 22.4 Å². The van der Waals surface area contributed by atoms with Crippen molar-refractivity contribution in [3.05, 3.63) is 35.4 Å². The van der Waals surface area contributed by atoms with E-state index in [1.165, 1.54) is 6.42 Å². The van der Waals surface area contributed by atoms with Gasteiger partial charge in [-0.15, -0.1) is 0 Å². The second-order valence-electron chi connectivity index (χ2n) is 10.9. The molecule has 6 heteroatoms. The lowest BCUT2D eigenvalue weighted by molar-refractivity contribution is -0.128. The Morgan fingerprint density at radius 1 is 1.13 bits per heavy atom. The highest BCUT2D eigenvalue weighted by molar-refractivity contribution is 5.92. The SMILES string of the molecule is C[C@@H]1C[C@H](C)CN(C[C@@H](C)NC(=O)C2(NC(=O)OC(C)(C)C)Cc3ccccc3C2)C1. The van der Waals surface area contributed by atoms with Crippen LogP contribution in [0.3, 0.4) is 0 Å². The molecule has 0 radical (unpaired) electrons. The minimum atomic E-state index is -1.03. The molecule has 6 nitrogen and oxygen atoms in total. The molecule has 1 aliphatic heterocycles. The summed E-state index contributed by atoms with van der Waals surface area (Å²) in [6.45, 7) is 15.1. The zero-order valence-electron chi connectivity index (χ0n) is 20.0. The molecule has 1 aromatic carbocycles. The number of carbonyl (C=O) groups is 2. The molecule has 31 heavy (non-hydrogen) atoms. The minimum Gasteiger partial charge on any atom is -0.444 e. The number of hydrogen-bond acceptors (Lipinski definition) is 4. The van der Waals surface area contributed by atoms with E-state index >= 15 is 0 Å². The Kier molecular flexibility index (Phi) is 6.99.